The molecule has 0 saturated heterocycles. The van der Waals surface area contributed by atoms with Crippen LogP contribution in [0.5, 0.6) is 0 Å². The first-order valence-corrected chi connectivity index (χ1v) is 6.88. The smallest absolute Gasteiger partial charge is 0.0834 e. The average molecular weight is 278 g/mol. The maximum absolute atomic E-state index is 6.48. The normalized spacial score (nSPS) is 13.5. The number of halogens is 1. The second kappa shape index (κ2) is 5.35. The van der Waals surface area contributed by atoms with Gasteiger partial charge in [-0.2, -0.15) is 5.10 Å². The fourth-order valence-electron chi connectivity index (χ4n) is 2.32. The lowest BCUT2D eigenvalue weighted by Gasteiger charge is -2.32. The van der Waals surface area contributed by atoms with E-state index < -0.39 is 0 Å². The SMILES string of the molecule is CCn1ncc(Cl)c1C(N)C(C)(C)c1ccccc1. The minimum Gasteiger partial charge on any atom is -0.322 e. The lowest BCUT2D eigenvalue weighted by atomic mass is 9.77. The minimum atomic E-state index is -0.210. The topological polar surface area (TPSA) is 43.8 Å². The molecule has 3 nitrogen and oxygen atoms in total. The summed E-state index contributed by atoms with van der Waals surface area (Å²) in [6, 6.07) is 10.1. The van der Waals surface area contributed by atoms with Gasteiger partial charge in [-0.05, 0) is 12.5 Å². The third-order valence-corrected chi connectivity index (χ3v) is 4.01. The summed E-state index contributed by atoms with van der Waals surface area (Å²) in [5.74, 6) is 0. The zero-order valence-electron chi connectivity index (χ0n) is 11.6. The van der Waals surface area contributed by atoms with Gasteiger partial charge in [0.15, 0.2) is 0 Å². The van der Waals surface area contributed by atoms with E-state index in [1.54, 1.807) is 6.20 Å². The summed E-state index contributed by atoms with van der Waals surface area (Å²) in [5.41, 5.74) is 8.37. The molecule has 102 valence electrons. The van der Waals surface area contributed by atoms with Crippen LogP contribution in [-0.2, 0) is 12.0 Å². The van der Waals surface area contributed by atoms with Crippen LogP contribution in [-0.4, -0.2) is 9.78 Å². The first-order chi connectivity index (χ1) is 8.98. The van der Waals surface area contributed by atoms with Gasteiger partial charge in [-0.3, -0.25) is 4.68 Å². The highest BCUT2D eigenvalue weighted by atomic mass is 35.5. The number of rotatable bonds is 4. The van der Waals surface area contributed by atoms with Crippen LogP contribution in [0.15, 0.2) is 36.5 Å². The molecule has 0 radical (unpaired) electrons. The molecule has 0 aliphatic rings. The van der Waals surface area contributed by atoms with Crippen LogP contribution < -0.4 is 5.73 Å². The molecule has 4 heteroatoms. The van der Waals surface area contributed by atoms with Crippen LogP contribution in [0.25, 0.3) is 0 Å². The van der Waals surface area contributed by atoms with Gasteiger partial charge in [0.25, 0.3) is 0 Å². The fourth-order valence-corrected chi connectivity index (χ4v) is 2.58. The Hall–Kier alpha value is -1.32. The van der Waals surface area contributed by atoms with Gasteiger partial charge in [-0.1, -0.05) is 55.8 Å². The average Bonchev–Trinajstić information content (AvgIpc) is 2.79. The number of aromatic nitrogens is 2. The van der Waals surface area contributed by atoms with Gasteiger partial charge >= 0.3 is 0 Å². The van der Waals surface area contributed by atoms with Crippen molar-refractivity contribution >= 4 is 11.6 Å². The van der Waals surface area contributed by atoms with E-state index >= 15 is 0 Å². The van der Waals surface area contributed by atoms with Crippen molar-refractivity contribution in [1.82, 2.24) is 9.78 Å². The van der Waals surface area contributed by atoms with Crippen molar-refractivity contribution in [3.8, 4) is 0 Å². The number of nitrogens with two attached hydrogens (primary N) is 1. The molecule has 0 saturated carbocycles. The van der Waals surface area contributed by atoms with E-state index in [-0.39, 0.29) is 11.5 Å². The van der Waals surface area contributed by atoms with Crippen molar-refractivity contribution in [2.24, 2.45) is 5.73 Å². The summed E-state index contributed by atoms with van der Waals surface area (Å²) in [6.07, 6.45) is 1.67. The van der Waals surface area contributed by atoms with Gasteiger partial charge < -0.3 is 5.73 Å². The summed E-state index contributed by atoms with van der Waals surface area (Å²) < 4.78 is 1.87. The second-order valence-corrected chi connectivity index (χ2v) is 5.67. The van der Waals surface area contributed by atoms with Gasteiger partial charge in [0, 0.05) is 12.0 Å². The van der Waals surface area contributed by atoms with Crippen LogP contribution >= 0.6 is 11.6 Å². The Bertz CT molecular complexity index is 546. The van der Waals surface area contributed by atoms with Crippen LogP contribution in [0.3, 0.4) is 0 Å². The Balaban J connectivity index is 2.43. The highest BCUT2D eigenvalue weighted by Gasteiger charge is 2.33. The minimum absolute atomic E-state index is 0.204. The molecule has 1 atom stereocenters. The zero-order valence-corrected chi connectivity index (χ0v) is 12.4. The number of hydrogen-bond acceptors (Lipinski definition) is 2. The maximum atomic E-state index is 6.48. The molecular formula is C15H20ClN3. The first kappa shape index (κ1) is 14.1. The molecule has 2 N–H and O–H groups in total. The molecule has 0 fully saturated rings. The van der Waals surface area contributed by atoms with Crippen LogP contribution in [0.1, 0.15) is 38.1 Å². The van der Waals surface area contributed by atoms with Gasteiger partial charge in [-0.15, -0.1) is 0 Å². The zero-order chi connectivity index (χ0) is 14.0. The summed E-state index contributed by atoms with van der Waals surface area (Å²) >= 11 is 6.25. The van der Waals surface area contributed by atoms with E-state index in [1.165, 1.54) is 5.56 Å². The summed E-state index contributed by atoms with van der Waals surface area (Å²) in [6.45, 7) is 7.07. The molecule has 0 amide bonds. The fraction of sp³-hybridized carbons (Fsp3) is 0.400. The number of benzene rings is 1. The van der Waals surface area contributed by atoms with Crippen molar-refractivity contribution in [3.63, 3.8) is 0 Å². The molecule has 1 heterocycles. The highest BCUT2D eigenvalue weighted by molar-refractivity contribution is 6.31. The molecule has 1 unspecified atom stereocenters. The lowest BCUT2D eigenvalue weighted by molar-refractivity contribution is 0.394. The number of hydrogen-bond donors (Lipinski definition) is 1. The van der Waals surface area contributed by atoms with Crippen molar-refractivity contribution < 1.29 is 0 Å². The molecule has 0 aliphatic carbocycles. The van der Waals surface area contributed by atoms with Crippen molar-refractivity contribution in [3.05, 3.63) is 52.8 Å². The van der Waals surface area contributed by atoms with E-state index in [0.717, 1.165) is 12.2 Å². The summed E-state index contributed by atoms with van der Waals surface area (Å²) in [7, 11) is 0. The second-order valence-electron chi connectivity index (χ2n) is 5.26. The molecule has 19 heavy (non-hydrogen) atoms. The molecule has 0 aliphatic heterocycles. The Morgan fingerprint density at radius 2 is 1.95 bits per heavy atom. The molecule has 2 rings (SSSR count). The third-order valence-electron chi connectivity index (χ3n) is 3.72. The Morgan fingerprint density at radius 3 is 2.53 bits per heavy atom. The predicted molar refractivity (Wildman–Crippen MR) is 79.3 cm³/mol. The molecule has 0 spiro atoms. The van der Waals surface area contributed by atoms with E-state index in [9.17, 15) is 0 Å². The predicted octanol–water partition coefficient (Wildman–Crippen LogP) is 3.53. The molecular weight excluding hydrogens is 258 g/mol. The third kappa shape index (κ3) is 2.53. The van der Waals surface area contributed by atoms with Crippen molar-refractivity contribution in [2.45, 2.75) is 38.8 Å². The van der Waals surface area contributed by atoms with E-state index in [4.69, 9.17) is 17.3 Å². The highest BCUT2D eigenvalue weighted by Crippen LogP contribution is 2.37. The summed E-state index contributed by atoms with van der Waals surface area (Å²) in [5, 5.41) is 4.90. The van der Waals surface area contributed by atoms with Gasteiger partial charge in [0.05, 0.1) is 23.0 Å². The monoisotopic (exact) mass is 277 g/mol. The van der Waals surface area contributed by atoms with E-state index in [0.29, 0.717) is 5.02 Å². The Labute approximate surface area is 119 Å². The van der Waals surface area contributed by atoms with E-state index in [1.807, 2.05) is 29.8 Å². The van der Waals surface area contributed by atoms with Crippen LogP contribution in [0.4, 0.5) is 0 Å². The van der Waals surface area contributed by atoms with Crippen LogP contribution in [0, 0.1) is 0 Å². The quantitative estimate of drug-likeness (QED) is 0.929. The van der Waals surface area contributed by atoms with Crippen LogP contribution in [0.2, 0.25) is 5.02 Å². The van der Waals surface area contributed by atoms with E-state index in [2.05, 4.69) is 31.1 Å². The van der Waals surface area contributed by atoms with Gasteiger partial charge in [0.2, 0.25) is 0 Å². The Morgan fingerprint density at radius 1 is 1.32 bits per heavy atom. The number of aryl methyl sites for hydroxylation is 1. The summed E-state index contributed by atoms with van der Waals surface area (Å²) in [4.78, 5) is 0. The largest absolute Gasteiger partial charge is 0.322 e. The van der Waals surface area contributed by atoms with Crippen molar-refractivity contribution in [1.29, 1.82) is 0 Å². The van der Waals surface area contributed by atoms with Gasteiger partial charge in [-0.25, -0.2) is 0 Å². The first-order valence-electron chi connectivity index (χ1n) is 6.50. The molecule has 1 aromatic carbocycles. The molecule has 0 bridgehead atoms. The number of nitrogens with zero attached hydrogens (tertiary/aromatic N) is 2. The maximum Gasteiger partial charge on any atom is 0.0834 e. The van der Waals surface area contributed by atoms with Crippen molar-refractivity contribution in [2.75, 3.05) is 0 Å². The molecule has 1 aromatic heterocycles. The van der Waals surface area contributed by atoms with Gasteiger partial charge in [0.1, 0.15) is 0 Å². The lowest BCUT2D eigenvalue weighted by Crippen LogP contribution is -2.35. The molecule has 2 aromatic rings. The Kier molecular flexibility index (Phi) is 3.97. The standard InChI is InChI=1S/C15H20ClN3/c1-4-19-13(12(16)10-18-19)14(17)15(2,3)11-8-6-5-7-9-11/h5-10,14H,4,17H2,1-3H3.